The minimum absolute atomic E-state index is 0.341. The molecule has 0 saturated heterocycles. The molecule has 6 heteroatoms. The van der Waals surface area contributed by atoms with Crippen molar-refractivity contribution < 1.29 is 4.74 Å². The van der Waals surface area contributed by atoms with Crippen LogP contribution in [-0.4, -0.2) is 22.1 Å². The Morgan fingerprint density at radius 3 is 2.31 bits per heavy atom. The van der Waals surface area contributed by atoms with Crippen LogP contribution >= 0.6 is 34.2 Å². The molecule has 0 aliphatic heterocycles. The van der Waals surface area contributed by atoms with Crippen molar-refractivity contribution in [2.75, 3.05) is 7.11 Å². The normalized spacial score (nSPS) is 10.2. The zero-order valence-corrected chi connectivity index (χ0v) is 11.2. The first kappa shape index (κ1) is 11.5. The summed E-state index contributed by atoms with van der Waals surface area (Å²) in [6.45, 7) is 0. The fraction of sp³-hybridized carbons (Fsp3) is 0.100. The summed E-state index contributed by atoms with van der Waals surface area (Å²) in [7, 11) is 1.53. The van der Waals surface area contributed by atoms with Gasteiger partial charge in [0.25, 0.3) is 0 Å². The van der Waals surface area contributed by atoms with Crippen LogP contribution in [-0.2, 0) is 0 Å². The minimum atomic E-state index is 0.341. The van der Waals surface area contributed by atoms with E-state index >= 15 is 0 Å². The Balaban J connectivity index is 2.38. The van der Waals surface area contributed by atoms with Crippen molar-refractivity contribution in [2.24, 2.45) is 0 Å². The Labute approximate surface area is 111 Å². The number of methoxy groups -OCH3 is 1. The van der Waals surface area contributed by atoms with E-state index in [1.165, 1.54) is 7.11 Å². The summed E-state index contributed by atoms with van der Waals surface area (Å²) in [5.74, 6) is 0. The largest absolute Gasteiger partial charge is 0.467 e. The maximum absolute atomic E-state index is 5.99. The predicted octanol–water partition coefficient (Wildman–Crippen LogP) is 2.81. The molecule has 0 bridgehead atoms. The van der Waals surface area contributed by atoms with Crippen LogP contribution < -0.4 is 4.74 Å². The molecule has 2 aromatic heterocycles. The van der Waals surface area contributed by atoms with Crippen LogP contribution in [0.15, 0.2) is 24.7 Å². The summed E-state index contributed by atoms with van der Waals surface area (Å²) in [6.07, 6.45) is 5.08. The average molecular weight is 348 g/mol. The zero-order valence-electron chi connectivity index (χ0n) is 8.32. The minimum Gasteiger partial charge on any atom is -0.467 e. The van der Waals surface area contributed by atoms with Crippen molar-refractivity contribution in [3.05, 3.63) is 33.4 Å². The zero-order chi connectivity index (χ0) is 11.5. The van der Waals surface area contributed by atoms with Crippen LogP contribution in [0.3, 0.4) is 0 Å². The molecule has 0 aliphatic rings. The molecule has 0 amide bonds. The predicted molar refractivity (Wildman–Crippen MR) is 69.5 cm³/mol. The monoisotopic (exact) mass is 347 g/mol. The van der Waals surface area contributed by atoms with Gasteiger partial charge in [-0.2, -0.15) is 0 Å². The van der Waals surface area contributed by atoms with Gasteiger partial charge in [-0.1, -0.05) is 11.6 Å². The van der Waals surface area contributed by atoms with Crippen LogP contribution in [0.4, 0.5) is 0 Å². The maximum Gasteiger partial charge on any atom is 0.316 e. The first-order valence-corrected chi connectivity index (χ1v) is 5.84. The van der Waals surface area contributed by atoms with Crippen molar-refractivity contribution in [3.8, 4) is 17.1 Å². The number of pyridine rings is 1. The molecular formula is C10H7ClIN3O. The van der Waals surface area contributed by atoms with Crippen LogP contribution in [0, 0.1) is 3.70 Å². The molecule has 2 aromatic rings. The lowest BCUT2D eigenvalue weighted by atomic mass is 10.2. The van der Waals surface area contributed by atoms with E-state index in [9.17, 15) is 0 Å². The molecule has 0 atom stereocenters. The molecule has 0 saturated carbocycles. The molecular weight excluding hydrogens is 340 g/mol. The molecule has 4 nitrogen and oxygen atoms in total. The van der Waals surface area contributed by atoms with Gasteiger partial charge in [0.2, 0.25) is 0 Å². The Hall–Kier alpha value is -0.950. The number of nitrogens with zero attached hydrogens (tertiary/aromatic N) is 3. The van der Waals surface area contributed by atoms with Gasteiger partial charge in [-0.25, -0.2) is 15.0 Å². The van der Waals surface area contributed by atoms with Gasteiger partial charge in [0.1, 0.15) is 3.70 Å². The van der Waals surface area contributed by atoms with E-state index in [1.807, 2.05) is 6.07 Å². The van der Waals surface area contributed by atoms with Crippen LogP contribution in [0.25, 0.3) is 11.1 Å². The molecule has 16 heavy (non-hydrogen) atoms. The van der Waals surface area contributed by atoms with E-state index in [0.29, 0.717) is 11.0 Å². The van der Waals surface area contributed by atoms with E-state index in [-0.39, 0.29) is 0 Å². The van der Waals surface area contributed by atoms with Crippen molar-refractivity contribution in [3.63, 3.8) is 0 Å². The number of ether oxygens (including phenoxy) is 1. The van der Waals surface area contributed by atoms with E-state index in [1.54, 1.807) is 18.6 Å². The van der Waals surface area contributed by atoms with E-state index in [0.717, 1.165) is 14.8 Å². The van der Waals surface area contributed by atoms with E-state index < -0.39 is 0 Å². The van der Waals surface area contributed by atoms with Crippen molar-refractivity contribution in [1.82, 2.24) is 15.0 Å². The average Bonchev–Trinajstić information content (AvgIpc) is 2.33. The molecule has 0 fully saturated rings. The van der Waals surface area contributed by atoms with Gasteiger partial charge in [0.05, 0.1) is 12.1 Å². The highest BCUT2D eigenvalue weighted by Crippen LogP contribution is 2.24. The van der Waals surface area contributed by atoms with Gasteiger partial charge >= 0.3 is 6.01 Å². The first-order valence-electron chi connectivity index (χ1n) is 4.38. The molecule has 2 heterocycles. The van der Waals surface area contributed by atoms with Crippen molar-refractivity contribution >= 4 is 34.2 Å². The lowest BCUT2D eigenvalue weighted by Gasteiger charge is -2.02. The Bertz CT molecular complexity index is 504. The summed E-state index contributed by atoms with van der Waals surface area (Å²) in [5.41, 5.74) is 1.74. The third kappa shape index (κ3) is 2.41. The summed E-state index contributed by atoms with van der Waals surface area (Å²) >= 11 is 8.06. The highest BCUT2D eigenvalue weighted by molar-refractivity contribution is 14.1. The highest BCUT2D eigenvalue weighted by Gasteiger charge is 2.04. The number of rotatable bonds is 2. The van der Waals surface area contributed by atoms with Crippen molar-refractivity contribution in [2.45, 2.75) is 0 Å². The second kappa shape index (κ2) is 4.92. The molecule has 0 aliphatic carbocycles. The van der Waals surface area contributed by atoms with E-state index in [2.05, 4.69) is 37.5 Å². The quantitative estimate of drug-likeness (QED) is 0.619. The fourth-order valence-corrected chi connectivity index (χ4v) is 1.61. The van der Waals surface area contributed by atoms with Gasteiger partial charge in [-0.3, -0.25) is 0 Å². The number of halogens is 2. The Kier molecular flexibility index (Phi) is 3.55. The highest BCUT2D eigenvalue weighted by atomic mass is 127. The fourth-order valence-electron chi connectivity index (χ4n) is 1.15. The van der Waals surface area contributed by atoms with Gasteiger partial charge in [-0.05, 0) is 28.7 Å². The van der Waals surface area contributed by atoms with Gasteiger partial charge < -0.3 is 4.74 Å². The Morgan fingerprint density at radius 2 is 1.75 bits per heavy atom. The standard InChI is InChI=1S/C10H7ClIN3O/c1-16-10-14-4-7(5-15-10)6-2-8(11)9(12)13-3-6/h2-5H,1H3. The molecule has 0 radical (unpaired) electrons. The maximum atomic E-state index is 5.99. The lowest BCUT2D eigenvalue weighted by molar-refractivity contribution is 0.380. The number of hydrogen-bond acceptors (Lipinski definition) is 4. The molecule has 0 unspecified atom stereocenters. The summed E-state index contributed by atoms with van der Waals surface area (Å²) in [4.78, 5) is 12.2. The van der Waals surface area contributed by atoms with E-state index in [4.69, 9.17) is 16.3 Å². The summed E-state index contributed by atoms with van der Waals surface area (Å²) < 4.78 is 5.66. The lowest BCUT2D eigenvalue weighted by Crippen LogP contribution is -1.92. The second-order valence-electron chi connectivity index (χ2n) is 2.96. The third-order valence-corrected chi connectivity index (χ3v) is 3.41. The second-order valence-corrected chi connectivity index (χ2v) is 4.38. The first-order chi connectivity index (χ1) is 7.70. The van der Waals surface area contributed by atoms with Crippen LogP contribution in [0.5, 0.6) is 6.01 Å². The topological polar surface area (TPSA) is 47.9 Å². The van der Waals surface area contributed by atoms with Crippen LogP contribution in [0.2, 0.25) is 5.02 Å². The molecule has 0 aromatic carbocycles. The molecule has 2 rings (SSSR count). The smallest absolute Gasteiger partial charge is 0.316 e. The SMILES string of the molecule is COc1ncc(-c2cnc(I)c(Cl)c2)cn1. The molecule has 82 valence electrons. The van der Waals surface area contributed by atoms with Gasteiger partial charge in [0, 0.05) is 29.7 Å². The Morgan fingerprint density at radius 1 is 1.12 bits per heavy atom. The molecule has 0 spiro atoms. The summed E-state index contributed by atoms with van der Waals surface area (Å²) in [6, 6.07) is 2.18. The van der Waals surface area contributed by atoms with Crippen molar-refractivity contribution in [1.29, 1.82) is 0 Å². The number of aromatic nitrogens is 3. The van der Waals surface area contributed by atoms with Crippen LogP contribution in [0.1, 0.15) is 0 Å². The van der Waals surface area contributed by atoms with Gasteiger partial charge in [0.15, 0.2) is 0 Å². The summed E-state index contributed by atoms with van der Waals surface area (Å²) in [5, 5.41) is 0.619. The van der Waals surface area contributed by atoms with Gasteiger partial charge in [-0.15, -0.1) is 0 Å². The molecule has 0 N–H and O–H groups in total. The number of hydrogen-bond donors (Lipinski definition) is 0. The third-order valence-electron chi connectivity index (χ3n) is 1.94.